The maximum atomic E-state index is 13.8. The molecule has 0 aliphatic carbocycles. The van der Waals surface area contributed by atoms with Gasteiger partial charge in [0, 0.05) is 49.1 Å². The lowest BCUT2D eigenvalue weighted by Gasteiger charge is -2.24. The summed E-state index contributed by atoms with van der Waals surface area (Å²) >= 11 is 0. The number of carbonyl (C=O) groups is 3. The zero-order chi connectivity index (χ0) is 27.6. The standard InChI is InChI=1S/C32H31N3O4/c1-23-13-15-24(16-14-23)22-34-31(38)28-11-4-2-9-26(28)27-10-3-5-12-29(27)32(39)35(21-18-30(36)37)20-17-25-8-6-7-19-33-25/h2-16,19H,17-18,20-22H2,1H3,(H,34,38)(H,36,37). The third-order valence-corrected chi connectivity index (χ3v) is 6.44. The highest BCUT2D eigenvalue weighted by molar-refractivity contribution is 6.06. The summed E-state index contributed by atoms with van der Waals surface area (Å²) in [5.74, 6) is -1.52. The largest absolute Gasteiger partial charge is 0.481 e. The van der Waals surface area contributed by atoms with Gasteiger partial charge in [0.1, 0.15) is 0 Å². The van der Waals surface area contributed by atoms with Crippen molar-refractivity contribution in [3.63, 3.8) is 0 Å². The molecule has 4 rings (SSSR count). The number of nitrogens with one attached hydrogen (secondary N) is 1. The maximum absolute atomic E-state index is 13.8. The van der Waals surface area contributed by atoms with E-state index in [0.29, 0.717) is 41.8 Å². The average Bonchev–Trinajstić information content (AvgIpc) is 2.97. The van der Waals surface area contributed by atoms with Gasteiger partial charge in [0.15, 0.2) is 0 Å². The first-order valence-corrected chi connectivity index (χ1v) is 12.9. The van der Waals surface area contributed by atoms with Gasteiger partial charge in [0.25, 0.3) is 11.8 Å². The molecule has 3 aromatic carbocycles. The van der Waals surface area contributed by atoms with Crippen LogP contribution in [0.1, 0.15) is 44.0 Å². The number of benzene rings is 3. The second-order valence-corrected chi connectivity index (χ2v) is 9.27. The van der Waals surface area contributed by atoms with Gasteiger partial charge < -0.3 is 15.3 Å². The van der Waals surface area contributed by atoms with E-state index in [1.165, 1.54) is 0 Å². The summed E-state index contributed by atoms with van der Waals surface area (Å²) in [6.07, 6.45) is 2.01. The van der Waals surface area contributed by atoms with E-state index < -0.39 is 5.97 Å². The van der Waals surface area contributed by atoms with Gasteiger partial charge in [-0.25, -0.2) is 0 Å². The van der Waals surface area contributed by atoms with Crippen LogP contribution < -0.4 is 5.32 Å². The van der Waals surface area contributed by atoms with Crippen molar-refractivity contribution < 1.29 is 19.5 Å². The Morgan fingerprint density at radius 3 is 2.10 bits per heavy atom. The molecule has 0 bridgehead atoms. The van der Waals surface area contributed by atoms with Crippen LogP contribution in [0.4, 0.5) is 0 Å². The molecule has 4 aromatic rings. The van der Waals surface area contributed by atoms with Crippen molar-refractivity contribution >= 4 is 17.8 Å². The van der Waals surface area contributed by atoms with Gasteiger partial charge in [-0.05, 0) is 47.9 Å². The van der Waals surface area contributed by atoms with Crippen LogP contribution in [0.25, 0.3) is 11.1 Å². The number of pyridine rings is 1. The Hall–Kier alpha value is -4.78. The molecule has 39 heavy (non-hydrogen) atoms. The molecule has 0 radical (unpaired) electrons. The molecular formula is C32H31N3O4. The summed E-state index contributed by atoms with van der Waals surface area (Å²) in [5.41, 5.74) is 5.05. The normalized spacial score (nSPS) is 10.6. The fourth-order valence-electron chi connectivity index (χ4n) is 4.32. The van der Waals surface area contributed by atoms with Crippen LogP contribution in [0, 0.1) is 6.92 Å². The van der Waals surface area contributed by atoms with Crippen LogP contribution in [0.2, 0.25) is 0 Å². The van der Waals surface area contributed by atoms with Crippen molar-refractivity contribution in [1.29, 1.82) is 0 Å². The molecule has 0 saturated heterocycles. The average molecular weight is 522 g/mol. The van der Waals surface area contributed by atoms with Crippen LogP contribution >= 0.6 is 0 Å². The molecule has 2 amide bonds. The third kappa shape index (κ3) is 7.38. The van der Waals surface area contributed by atoms with E-state index in [1.54, 1.807) is 35.4 Å². The van der Waals surface area contributed by atoms with E-state index in [-0.39, 0.29) is 24.8 Å². The Morgan fingerprint density at radius 2 is 1.44 bits per heavy atom. The summed E-state index contributed by atoms with van der Waals surface area (Å²) < 4.78 is 0. The van der Waals surface area contributed by atoms with Gasteiger partial charge in [0.2, 0.25) is 0 Å². The molecule has 0 saturated carbocycles. The summed E-state index contributed by atoms with van der Waals surface area (Å²) in [4.78, 5) is 44.2. The zero-order valence-corrected chi connectivity index (χ0v) is 21.8. The summed E-state index contributed by atoms with van der Waals surface area (Å²) in [6.45, 7) is 2.77. The number of aryl methyl sites for hydroxylation is 1. The quantitative estimate of drug-likeness (QED) is 0.285. The van der Waals surface area contributed by atoms with Crippen LogP contribution in [0.5, 0.6) is 0 Å². The zero-order valence-electron chi connectivity index (χ0n) is 21.8. The highest BCUT2D eigenvalue weighted by atomic mass is 16.4. The van der Waals surface area contributed by atoms with E-state index in [0.717, 1.165) is 16.8 Å². The molecule has 0 fully saturated rings. The van der Waals surface area contributed by atoms with Crippen molar-refractivity contribution in [2.45, 2.75) is 26.3 Å². The first-order chi connectivity index (χ1) is 18.9. The lowest BCUT2D eigenvalue weighted by Crippen LogP contribution is -2.35. The molecule has 1 aromatic heterocycles. The van der Waals surface area contributed by atoms with Crippen molar-refractivity contribution in [3.05, 3.63) is 125 Å². The van der Waals surface area contributed by atoms with Crippen molar-refractivity contribution in [1.82, 2.24) is 15.2 Å². The number of carbonyl (C=O) groups excluding carboxylic acids is 2. The summed E-state index contributed by atoms with van der Waals surface area (Å²) in [6, 6.07) is 27.8. The fourth-order valence-corrected chi connectivity index (χ4v) is 4.32. The number of aromatic nitrogens is 1. The van der Waals surface area contributed by atoms with E-state index in [4.69, 9.17) is 0 Å². The first-order valence-electron chi connectivity index (χ1n) is 12.9. The van der Waals surface area contributed by atoms with E-state index in [2.05, 4.69) is 10.3 Å². The van der Waals surface area contributed by atoms with Gasteiger partial charge in [-0.3, -0.25) is 19.4 Å². The number of aliphatic carboxylic acids is 1. The molecule has 0 spiro atoms. The molecule has 0 atom stereocenters. The van der Waals surface area contributed by atoms with E-state index in [9.17, 15) is 19.5 Å². The molecule has 1 heterocycles. The minimum Gasteiger partial charge on any atom is -0.481 e. The number of hydrogen-bond acceptors (Lipinski definition) is 4. The number of carboxylic acid groups (broad SMARTS) is 1. The molecule has 0 unspecified atom stereocenters. The highest BCUT2D eigenvalue weighted by Crippen LogP contribution is 2.28. The SMILES string of the molecule is Cc1ccc(CNC(=O)c2ccccc2-c2ccccc2C(=O)N(CCC(=O)O)CCc2ccccn2)cc1. The van der Waals surface area contributed by atoms with Crippen molar-refractivity contribution in [3.8, 4) is 11.1 Å². The smallest absolute Gasteiger partial charge is 0.305 e. The molecular weight excluding hydrogens is 490 g/mol. The van der Waals surface area contributed by atoms with E-state index in [1.807, 2.05) is 73.7 Å². The minimum absolute atomic E-state index is 0.0635. The summed E-state index contributed by atoms with van der Waals surface area (Å²) in [7, 11) is 0. The molecule has 7 heteroatoms. The highest BCUT2D eigenvalue weighted by Gasteiger charge is 2.22. The van der Waals surface area contributed by atoms with Gasteiger partial charge in [-0.2, -0.15) is 0 Å². The van der Waals surface area contributed by atoms with Crippen LogP contribution in [-0.2, 0) is 17.8 Å². The number of rotatable bonds is 11. The second-order valence-electron chi connectivity index (χ2n) is 9.27. The Bertz CT molecular complexity index is 1440. The third-order valence-electron chi connectivity index (χ3n) is 6.44. The number of nitrogens with zero attached hydrogens (tertiary/aromatic N) is 2. The number of carboxylic acids is 1. The number of hydrogen-bond donors (Lipinski definition) is 2. The van der Waals surface area contributed by atoms with Crippen LogP contribution in [0.3, 0.4) is 0 Å². The predicted octanol–water partition coefficient (Wildman–Crippen LogP) is 5.15. The Balaban J connectivity index is 1.60. The molecule has 0 aliphatic rings. The molecule has 2 N–H and O–H groups in total. The predicted molar refractivity (Wildman–Crippen MR) is 150 cm³/mol. The van der Waals surface area contributed by atoms with Crippen LogP contribution in [0.15, 0.2) is 97.2 Å². The minimum atomic E-state index is -0.977. The first kappa shape index (κ1) is 27.3. The maximum Gasteiger partial charge on any atom is 0.305 e. The Morgan fingerprint density at radius 1 is 0.795 bits per heavy atom. The van der Waals surface area contributed by atoms with Crippen LogP contribution in [-0.4, -0.2) is 45.9 Å². The molecule has 7 nitrogen and oxygen atoms in total. The second kappa shape index (κ2) is 13.1. The Kier molecular flexibility index (Phi) is 9.19. The van der Waals surface area contributed by atoms with Gasteiger partial charge in [-0.1, -0.05) is 72.3 Å². The van der Waals surface area contributed by atoms with Gasteiger partial charge in [-0.15, -0.1) is 0 Å². The Labute approximate surface area is 228 Å². The van der Waals surface area contributed by atoms with Crippen molar-refractivity contribution in [2.75, 3.05) is 13.1 Å². The topological polar surface area (TPSA) is 99.6 Å². The molecule has 198 valence electrons. The summed E-state index contributed by atoms with van der Waals surface area (Å²) in [5, 5.41) is 12.3. The molecule has 0 aliphatic heterocycles. The van der Waals surface area contributed by atoms with E-state index >= 15 is 0 Å². The monoisotopic (exact) mass is 521 g/mol. The fraction of sp³-hybridized carbons (Fsp3) is 0.188. The number of amides is 2. The van der Waals surface area contributed by atoms with Gasteiger partial charge >= 0.3 is 5.97 Å². The lowest BCUT2D eigenvalue weighted by molar-refractivity contribution is -0.137. The lowest BCUT2D eigenvalue weighted by atomic mass is 9.94. The van der Waals surface area contributed by atoms with Gasteiger partial charge in [0.05, 0.1) is 6.42 Å². The van der Waals surface area contributed by atoms with Crippen molar-refractivity contribution in [2.24, 2.45) is 0 Å².